The van der Waals surface area contributed by atoms with E-state index in [9.17, 15) is 27.2 Å². The summed E-state index contributed by atoms with van der Waals surface area (Å²) < 4.78 is 54.1. The largest absolute Gasteiger partial charge is 0.418 e. The lowest BCUT2D eigenvalue weighted by atomic mass is 9.94. The number of alkyl halides is 3. The lowest BCUT2D eigenvalue weighted by molar-refractivity contribution is -0.137. The Morgan fingerprint density at radius 1 is 1.14 bits per heavy atom. The highest BCUT2D eigenvalue weighted by Crippen LogP contribution is 2.37. The molecule has 1 atom stereocenters. The van der Waals surface area contributed by atoms with Crippen LogP contribution in [0.5, 0.6) is 0 Å². The molecule has 0 spiro atoms. The topological polar surface area (TPSA) is 70.2 Å². The molecule has 0 aliphatic carbocycles. The van der Waals surface area contributed by atoms with Gasteiger partial charge in [-0.25, -0.2) is 9.18 Å². The number of hydrogen-bond acceptors (Lipinski definition) is 2. The minimum atomic E-state index is -4.69. The summed E-state index contributed by atoms with van der Waals surface area (Å²) in [5.41, 5.74) is -1.80. The van der Waals surface area contributed by atoms with E-state index in [1.807, 2.05) is 0 Å². The normalized spacial score (nSPS) is 16.9. The molecule has 1 aliphatic rings. The molecule has 152 valence electrons. The zero-order valence-electron chi connectivity index (χ0n) is 14.8. The van der Waals surface area contributed by atoms with Crippen molar-refractivity contribution in [2.75, 3.05) is 5.32 Å². The molecule has 0 unspecified atom stereocenters. The fourth-order valence-electron chi connectivity index (χ4n) is 3.03. The number of rotatable bonds is 3. The molecule has 0 radical (unpaired) electrons. The molecule has 3 N–H and O–H groups in total. The molecule has 0 saturated carbocycles. The van der Waals surface area contributed by atoms with Gasteiger partial charge in [-0.3, -0.25) is 4.79 Å². The molecule has 0 bridgehead atoms. The van der Waals surface area contributed by atoms with Crippen LogP contribution in [-0.4, -0.2) is 11.9 Å². The number of carbonyl (C=O) groups is 2. The number of amides is 3. The molecule has 2 aromatic carbocycles. The summed E-state index contributed by atoms with van der Waals surface area (Å²) in [5.74, 6) is -1.73. The molecule has 0 fully saturated rings. The van der Waals surface area contributed by atoms with Crippen molar-refractivity contribution in [2.45, 2.75) is 19.1 Å². The molecule has 1 aliphatic heterocycles. The number of hydrogen-bond donors (Lipinski definition) is 3. The molecule has 2 aromatic rings. The molecule has 5 nitrogen and oxygen atoms in total. The van der Waals surface area contributed by atoms with Gasteiger partial charge in [-0.15, -0.1) is 0 Å². The standard InChI is InChI=1S/C19H14ClF4N3O2/c1-9-14(17(28)26-13-8-3-2-5-10(13)19(22,23)24)16(27-18(29)25-9)15-11(20)6-4-7-12(15)21/h2-8,16H,1H3,(H,26,28)(H2,25,27,29)/t16-/m0/s1. The van der Waals surface area contributed by atoms with Crippen LogP contribution >= 0.6 is 11.6 Å². The number of halogens is 5. The molecule has 3 amide bonds. The molecular formula is C19H14ClF4N3O2. The predicted molar refractivity (Wildman–Crippen MR) is 98.6 cm³/mol. The molecule has 1 heterocycles. The third kappa shape index (κ3) is 4.19. The van der Waals surface area contributed by atoms with E-state index in [0.717, 1.165) is 18.2 Å². The average Bonchev–Trinajstić information content (AvgIpc) is 2.60. The van der Waals surface area contributed by atoms with Crippen LogP contribution in [0.2, 0.25) is 5.02 Å². The smallest absolute Gasteiger partial charge is 0.327 e. The van der Waals surface area contributed by atoms with Gasteiger partial charge >= 0.3 is 12.2 Å². The summed E-state index contributed by atoms with van der Waals surface area (Å²) in [6.45, 7) is 1.38. The minimum absolute atomic E-state index is 0.0500. The van der Waals surface area contributed by atoms with Gasteiger partial charge in [-0.1, -0.05) is 29.8 Å². The van der Waals surface area contributed by atoms with E-state index in [1.54, 1.807) is 0 Å². The van der Waals surface area contributed by atoms with Crippen LogP contribution in [0.25, 0.3) is 0 Å². The molecule has 29 heavy (non-hydrogen) atoms. The van der Waals surface area contributed by atoms with Gasteiger partial charge in [0.15, 0.2) is 0 Å². The predicted octanol–water partition coefficient (Wildman–Crippen LogP) is 4.76. The number of allylic oxidation sites excluding steroid dienone is 1. The van der Waals surface area contributed by atoms with Gasteiger partial charge in [0, 0.05) is 16.3 Å². The number of nitrogens with one attached hydrogen (secondary N) is 3. The van der Waals surface area contributed by atoms with E-state index in [4.69, 9.17) is 11.6 Å². The van der Waals surface area contributed by atoms with Crippen molar-refractivity contribution < 1.29 is 27.2 Å². The Morgan fingerprint density at radius 2 is 1.83 bits per heavy atom. The van der Waals surface area contributed by atoms with E-state index in [0.29, 0.717) is 0 Å². The number of urea groups is 1. The van der Waals surface area contributed by atoms with E-state index in [1.165, 1.54) is 31.2 Å². The summed E-state index contributed by atoms with van der Waals surface area (Å²) in [5, 5.41) is 6.90. The maximum absolute atomic E-state index is 14.4. The first-order chi connectivity index (χ1) is 13.6. The zero-order chi connectivity index (χ0) is 21.3. The van der Waals surface area contributed by atoms with Crippen LogP contribution in [0.3, 0.4) is 0 Å². The summed E-state index contributed by atoms with van der Waals surface area (Å²) in [6, 6.07) is 6.25. The lowest BCUT2D eigenvalue weighted by Crippen LogP contribution is -2.46. The van der Waals surface area contributed by atoms with Gasteiger partial charge in [-0.05, 0) is 31.2 Å². The summed E-state index contributed by atoms with van der Waals surface area (Å²) >= 11 is 6.06. The second-order valence-corrected chi connectivity index (χ2v) is 6.61. The van der Waals surface area contributed by atoms with Crippen molar-refractivity contribution in [1.29, 1.82) is 0 Å². The molecule has 10 heteroatoms. The van der Waals surface area contributed by atoms with Crippen molar-refractivity contribution in [3.05, 3.63) is 75.7 Å². The Hall–Kier alpha value is -3.07. The number of benzene rings is 2. The maximum Gasteiger partial charge on any atom is 0.418 e. The highest BCUT2D eigenvalue weighted by atomic mass is 35.5. The van der Waals surface area contributed by atoms with E-state index in [-0.39, 0.29) is 21.9 Å². The second kappa shape index (κ2) is 7.75. The van der Waals surface area contributed by atoms with Crippen LogP contribution in [0, 0.1) is 5.82 Å². The number of para-hydroxylation sites is 1. The van der Waals surface area contributed by atoms with Gasteiger partial charge in [0.1, 0.15) is 5.82 Å². The highest BCUT2D eigenvalue weighted by Gasteiger charge is 2.37. The average molecular weight is 428 g/mol. The quantitative estimate of drug-likeness (QED) is 0.618. The van der Waals surface area contributed by atoms with Gasteiger partial charge in [0.05, 0.1) is 22.9 Å². The lowest BCUT2D eigenvalue weighted by Gasteiger charge is -2.29. The monoisotopic (exact) mass is 427 g/mol. The van der Waals surface area contributed by atoms with Gasteiger partial charge in [0.2, 0.25) is 0 Å². The Labute approximate surface area is 167 Å². The van der Waals surface area contributed by atoms with E-state index in [2.05, 4.69) is 16.0 Å². The van der Waals surface area contributed by atoms with Crippen LogP contribution in [0.15, 0.2) is 53.7 Å². The van der Waals surface area contributed by atoms with Gasteiger partial charge < -0.3 is 16.0 Å². The first-order valence-electron chi connectivity index (χ1n) is 8.29. The van der Waals surface area contributed by atoms with E-state index >= 15 is 0 Å². The Bertz CT molecular complexity index is 1000. The summed E-state index contributed by atoms with van der Waals surface area (Å²) in [4.78, 5) is 24.8. The van der Waals surface area contributed by atoms with Crippen LogP contribution in [-0.2, 0) is 11.0 Å². The van der Waals surface area contributed by atoms with E-state index < -0.39 is 41.2 Å². The number of carbonyl (C=O) groups excluding carboxylic acids is 2. The first-order valence-corrected chi connectivity index (χ1v) is 8.67. The molecular weight excluding hydrogens is 414 g/mol. The molecule has 0 saturated heterocycles. The van der Waals surface area contributed by atoms with Crippen molar-refractivity contribution in [3.8, 4) is 0 Å². The van der Waals surface area contributed by atoms with Crippen molar-refractivity contribution in [1.82, 2.24) is 10.6 Å². The van der Waals surface area contributed by atoms with Gasteiger partial charge in [-0.2, -0.15) is 13.2 Å². The first kappa shape index (κ1) is 20.7. The zero-order valence-corrected chi connectivity index (χ0v) is 15.6. The van der Waals surface area contributed by atoms with Crippen LogP contribution < -0.4 is 16.0 Å². The second-order valence-electron chi connectivity index (χ2n) is 6.20. The fraction of sp³-hybridized carbons (Fsp3) is 0.158. The Morgan fingerprint density at radius 3 is 2.48 bits per heavy atom. The SMILES string of the molecule is CC1=C(C(=O)Nc2ccccc2C(F)(F)F)[C@@H](c2c(F)cccc2Cl)NC(=O)N1. The Kier molecular flexibility index (Phi) is 5.52. The Balaban J connectivity index is 2.04. The van der Waals surface area contributed by atoms with Crippen molar-refractivity contribution in [2.24, 2.45) is 0 Å². The third-order valence-corrected chi connectivity index (χ3v) is 4.61. The fourth-order valence-corrected chi connectivity index (χ4v) is 3.30. The van der Waals surface area contributed by atoms with Crippen LogP contribution in [0.4, 0.5) is 28.0 Å². The van der Waals surface area contributed by atoms with Gasteiger partial charge in [0.25, 0.3) is 5.91 Å². The maximum atomic E-state index is 14.4. The van der Waals surface area contributed by atoms with Crippen molar-refractivity contribution >= 4 is 29.2 Å². The number of anilines is 1. The molecule has 0 aromatic heterocycles. The highest BCUT2D eigenvalue weighted by molar-refractivity contribution is 6.31. The third-order valence-electron chi connectivity index (χ3n) is 4.28. The minimum Gasteiger partial charge on any atom is -0.327 e. The van der Waals surface area contributed by atoms with Crippen molar-refractivity contribution in [3.63, 3.8) is 0 Å². The molecule has 3 rings (SSSR count). The summed E-state index contributed by atoms with van der Waals surface area (Å²) in [6.07, 6.45) is -4.69. The summed E-state index contributed by atoms with van der Waals surface area (Å²) in [7, 11) is 0. The van der Waals surface area contributed by atoms with Crippen LogP contribution in [0.1, 0.15) is 24.1 Å².